The molecule has 0 aliphatic heterocycles. The number of nitrogens with two attached hydrogens (primary N) is 1. The zero-order chi connectivity index (χ0) is 15.9. The molecular formula is C12H15N7O3. The Labute approximate surface area is 125 Å². The first-order chi connectivity index (χ1) is 10.6. The highest BCUT2D eigenvalue weighted by Crippen LogP contribution is 2.26. The molecule has 1 aromatic carbocycles. The second-order valence-electron chi connectivity index (χ2n) is 4.09. The zero-order valence-corrected chi connectivity index (χ0v) is 12.1. The molecule has 0 atom stereocenters. The number of hydrogen-bond donors (Lipinski definition) is 2. The maximum absolute atomic E-state index is 11.6. The maximum Gasteiger partial charge on any atom is 0.263 e. The summed E-state index contributed by atoms with van der Waals surface area (Å²) in [7, 11) is 3.09. The van der Waals surface area contributed by atoms with Crippen molar-refractivity contribution in [3.63, 3.8) is 0 Å². The van der Waals surface area contributed by atoms with Crippen molar-refractivity contribution in [3.8, 4) is 11.5 Å². The van der Waals surface area contributed by atoms with Crippen molar-refractivity contribution in [2.75, 3.05) is 20.0 Å². The van der Waals surface area contributed by atoms with Crippen molar-refractivity contribution in [1.29, 1.82) is 0 Å². The first-order valence-corrected chi connectivity index (χ1v) is 6.19. The molecule has 2 rings (SSSR count). The van der Waals surface area contributed by atoms with Crippen LogP contribution in [0.15, 0.2) is 23.3 Å². The number of rotatable bonds is 6. The number of carbonyl (C=O) groups is 1. The Balaban J connectivity index is 1.93. The molecule has 10 nitrogen and oxygen atoms in total. The van der Waals surface area contributed by atoms with Gasteiger partial charge in [0.05, 0.1) is 20.4 Å². The number of methoxy groups -OCH3 is 2. The van der Waals surface area contributed by atoms with Crippen LogP contribution in [-0.2, 0) is 11.3 Å². The third-order valence-electron chi connectivity index (χ3n) is 2.56. The van der Waals surface area contributed by atoms with Gasteiger partial charge < -0.3 is 15.2 Å². The molecule has 3 N–H and O–H groups in total. The number of tetrazole rings is 1. The van der Waals surface area contributed by atoms with E-state index >= 15 is 0 Å². The van der Waals surface area contributed by atoms with E-state index in [1.54, 1.807) is 25.3 Å². The van der Waals surface area contributed by atoms with E-state index in [1.807, 2.05) is 0 Å². The molecular weight excluding hydrogens is 290 g/mol. The van der Waals surface area contributed by atoms with Gasteiger partial charge in [0.25, 0.3) is 11.9 Å². The molecule has 0 aliphatic carbocycles. The number of ether oxygens (including phenoxy) is 2. The molecule has 22 heavy (non-hydrogen) atoms. The summed E-state index contributed by atoms with van der Waals surface area (Å²) in [5, 5.41) is 14.5. The monoisotopic (exact) mass is 305 g/mol. The molecule has 2 aromatic rings. The van der Waals surface area contributed by atoms with Gasteiger partial charge in [-0.2, -0.15) is 9.90 Å². The highest BCUT2D eigenvalue weighted by Gasteiger charge is 2.05. The Morgan fingerprint density at radius 1 is 1.41 bits per heavy atom. The molecule has 0 spiro atoms. The molecule has 0 unspecified atom stereocenters. The van der Waals surface area contributed by atoms with Crippen molar-refractivity contribution < 1.29 is 14.3 Å². The summed E-state index contributed by atoms with van der Waals surface area (Å²) in [4.78, 5) is 12.7. The number of nitrogens with zero attached hydrogens (tertiary/aromatic N) is 5. The summed E-state index contributed by atoms with van der Waals surface area (Å²) in [6, 6.07) is 5.25. The number of aromatic nitrogens is 4. The van der Waals surface area contributed by atoms with E-state index in [0.29, 0.717) is 11.5 Å². The van der Waals surface area contributed by atoms with Crippen LogP contribution in [0.5, 0.6) is 11.5 Å². The predicted molar refractivity (Wildman–Crippen MR) is 77.5 cm³/mol. The van der Waals surface area contributed by atoms with Gasteiger partial charge in [0, 0.05) is 0 Å². The number of nitrogens with one attached hydrogen (secondary N) is 1. The second kappa shape index (κ2) is 7.02. The Morgan fingerprint density at radius 3 is 2.82 bits per heavy atom. The predicted octanol–water partition coefficient (Wildman–Crippen LogP) is -0.577. The quantitative estimate of drug-likeness (QED) is 0.539. The van der Waals surface area contributed by atoms with Gasteiger partial charge in [-0.05, 0) is 29.0 Å². The van der Waals surface area contributed by atoms with Crippen LogP contribution in [0.2, 0.25) is 0 Å². The van der Waals surface area contributed by atoms with Crippen LogP contribution in [-0.4, -0.2) is 46.5 Å². The number of carbonyl (C=O) groups excluding carboxylic acids is 1. The second-order valence-corrected chi connectivity index (χ2v) is 4.09. The fourth-order valence-electron chi connectivity index (χ4n) is 1.60. The number of benzene rings is 1. The van der Waals surface area contributed by atoms with E-state index in [9.17, 15) is 4.79 Å². The minimum Gasteiger partial charge on any atom is -0.493 e. The van der Waals surface area contributed by atoms with Crippen molar-refractivity contribution in [3.05, 3.63) is 23.8 Å². The van der Waals surface area contributed by atoms with Crippen LogP contribution >= 0.6 is 0 Å². The lowest BCUT2D eigenvalue weighted by Crippen LogP contribution is -2.24. The average Bonchev–Trinajstić information content (AvgIpc) is 2.92. The van der Waals surface area contributed by atoms with Gasteiger partial charge >= 0.3 is 0 Å². The van der Waals surface area contributed by atoms with Gasteiger partial charge in [-0.1, -0.05) is 5.10 Å². The number of hydrogen-bond acceptors (Lipinski definition) is 8. The minimum atomic E-state index is -0.408. The van der Waals surface area contributed by atoms with E-state index < -0.39 is 5.91 Å². The first-order valence-electron chi connectivity index (χ1n) is 6.19. The van der Waals surface area contributed by atoms with E-state index in [2.05, 4.69) is 25.9 Å². The number of nitrogen functional groups attached to an aromatic ring is 1. The fraction of sp³-hybridized carbons (Fsp3) is 0.250. The summed E-state index contributed by atoms with van der Waals surface area (Å²) in [5.74, 6) is 0.773. The third kappa shape index (κ3) is 3.91. The molecule has 1 aromatic heterocycles. The summed E-state index contributed by atoms with van der Waals surface area (Å²) in [6.45, 7) is -0.131. The summed E-state index contributed by atoms with van der Waals surface area (Å²) < 4.78 is 10.3. The van der Waals surface area contributed by atoms with Crippen LogP contribution in [0.3, 0.4) is 0 Å². The Hall–Kier alpha value is -3.17. The van der Waals surface area contributed by atoms with E-state index in [-0.39, 0.29) is 12.5 Å². The van der Waals surface area contributed by atoms with Gasteiger partial charge in [-0.25, -0.2) is 5.43 Å². The maximum atomic E-state index is 11.6. The third-order valence-corrected chi connectivity index (χ3v) is 2.56. The Morgan fingerprint density at radius 2 is 2.18 bits per heavy atom. The normalized spacial score (nSPS) is 10.6. The van der Waals surface area contributed by atoms with Crippen molar-refractivity contribution in [1.82, 2.24) is 25.6 Å². The molecule has 1 heterocycles. The highest BCUT2D eigenvalue weighted by atomic mass is 16.5. The molecule has 0 radical (unpaired) electrons. The molecule has 0 bridgehead atoms. The first kappa shape index (κ1) is 15.2. The largest absolute Gasteiger partial charge is 0.493 e. The minimum absolute atomic E-state index is 0.00151. The number of hydrazone groups is 1. The molecule has 1 amide bonds. The van der Waals surface area contributed by atoms with E-state index in [1.165, 1.54) is 13.3 Å². The highest BCUT2D eigenvalue weighted by molar-refractivity contribution is 5.83. The van der Waals surface area contributed by atoms with Crippen LogP contribution in [0.1, 0.15) is 5.56 Å². The molecule has 0 fully saturated rings. The molecule has 10 heteroatoms. The number of anilines is 1. The van der Waals surface area contributed by atoms with Crippen LogP contribution in [0.4, 0.5) is 5.95 Å². The summed E-state index contributed by atoms with van der Waals surface area (Å²) in [5.41, 5.74) is 8.37. The smallest absolute Gasteiger partial charge is 0.263 e. The Kier molecular flexibility index (Phi) is 4.85. The SMILES string of the molecule is COc1ccc(/C=N\NC(=O)Cn2nnc(N)n2)cc1OC. The standard InChI is InChI=1S/C12H15N7O3/c1-21-9-4-3-8(5-10(9)22-2)6-14-15-11(20)7-19-17-12(13)16-18-19/h3-6H,7H2,1-2H3,(H2,13,17)(H,15,20)/b14-6-. The molecule has 0 saturated carbocycles. The van der Waals surface area contributed by atoms with Crippen molar-refractivity contribution >= 4 is 18.1 Å². The summed E-state index contributed by atoms with van der Waals surface area (Å²) in [6.07, 6.45) is 1.48. The van der Waals surface area contributed by atoms with E-state index in [0.717, 1.165) is 10.4 Å². The lowest BCUT2D eigenvalue weighted by Gasteiger charge is -2.07. The fourth-order valence-corrected chi connectivity index (χ4v) is 1.60. The molecule has 0 saturated heterocycles. The lowest BCUT2D eigenvalue weighted by molar-refractivity contribution is -0.122. The van der Waals surface area contributed by atoms with Crippen molar-refractivity contribution in [2.45, 2.75) is 6.54 Å². The summed E-state index contributed by atoms with van der Waals surface area (Å²) >= 11 is 0. The van der Waals surface area contributed by atoms with Crippen LogP contribution in [0, 0.1) is 0 Å². The van der Waals surface area contributed by atoms with Crippen LogP contribution < -0.4 is 20.6 Å². The average molecular weight is 305 g/mol. The van der Waals surface area contributed by atoms with Gasteiger partial charge in [0.2, 0.25) is 0 Å². The van der Waals surface area contributed by atoms with Gasteiger partial charge in [0.1, 0.15) is 6.54 Å². The van der Waals surface area contributed by atoms with Gasteiger partial charge in [-0.3, -0.25) is 4.79 Å². The molecule has 116 valence electrons. The topological polar surface area (TPSA) is 130 Å². The zero-order valence-electron chi connectivity index (χ0n) is 12.1. The van der Waals surface area contributed by atoms with Crippen LogP contribution in [0.25, 0.3) is 0 Å². The van der Waals surface area contributed by atoms with Crippen molar-refractivity contribution in [2.24, 2.45) is 5.10 Å². The lowest BCUT2D eigenvalue weighted by atomic mass is 10.2. The van der Waals surface area contributed by atoms with Gasteiger partial charge in [0.15, 0.2) is 11.5 Å². The molecule has 0 aliphatic rings. The number of amides is 1. The van der Waals surface area contributed by atoms with E-state index in [4.69, 9.17) is 15.2 Å². The Bertz CT molecular complexity index is 683. The van der Waals surface area contributed by atoms with Gasteiger partial charge in [-0.15, -0.1) is 5.10 Å².